The number of likely N-dealkylation sites (tertiary alicyclic amines) is 1. The van der Waals surface area contributed by atoms with E-state index >= 15 is 0 Å². The Bertz CT molecular complexity index is 1470. The van der Waals surface area contributed by atoms with E-state index in [1.54, 1.807) is 35.2 Å². The van der Waals surface area contributed by atoms with Crippen molar-refractivity contribution < 1.29 is 37.3 Å². The molecule has 1 aromatic heterocycles. The quantitative estimate of drug-likeness (QED) is 0.340. The molecule has 2 saturated heterocycles. The molecule has 0 radical (unpaired) electrons. The van der Waals surface area contributed by atoms with Crippen LogP contribution in [0.5, 0.6) is 0 Å². The summed E-state index contributed by atoms with van der Waals surface area (Å²) in [7, 11) is 0. The van der Waals surface area contributed by atoms with Crippen LogP contribution in [0.2, 0.25) is 10.3 Å². The molecule has 14 heteroatoms. The summed E-state index contributed by atoms with van der Waals surface area (Å²) in [5, 5.41) is 12.6. The molecule has 0 saturated carbocycles. The van der Waals surface area contributed by atoms with Crippen molar-refractivity contribution in [1.82, 2.24) is 19.8 Å². The lowest BCUT2D eigenvalue weighted by Gasteiger charge is -2.41. The number of aliphatic hydroxyl groups is 1. The van der Waals surface area contributed by atoms with Gasteiger partial charge in [0, 0.05) is 24.6 Å². The number of alkyl halides is 3. The van der Waals surface area contributed by atoms with Crippen molar-refractivity contribution in [2.24, 2.45) is 5.92 Å². The average Bonchev–Trinajstić information content (AvgIpc) is 3.63. The van der Waals surface area contributed by atoms with Crippen LogP contribution in [0.3, 0.4) is 0 Å². The fraction of sp³-hybridized carbons (Fsp3) is 0.433. The second-order valence-electron chi connectivity index (χ2n) is 10.9. The van der Waals surface area contributed by atoms with E-state index < -0.39 is 30.3 Å². The van der Waals surface area contributed by atoms with Gasteiger partial charge in [-0.3, -0.25) is 9.59 Å². The molecule has 44 heavy (non-hydrogen) atoms. The number of imidazole rings is 1. The highest BCUT2D eigenvalue weighted by molar-refractivity contribution is 6.40. The maximum Gasteiger partial charge on any atom is 0.471 e. The number of hydrogen-bond acceptors (Lipinski definition) is 6. The molecule has 5 rings (SSSR count). The van der Waals surface area contributed by atoms with Crippen molar-refractivity contribution in [3.05, 3.63) is 87.4 Å². The molecule has 0 bridgehead atoms. The minimum atomic E-state index is -5.03. The molecule has 0 unspecified atom stereocenters. The SMILES string of the molecule is C[C@H]1[C@@H](Cn2cnc(Cl)c2Cl)O[C@@H](c2ccc(CNC(=O)[C@@H]3CCCN3C(=O)C(F)(F)F)cc2)O[C@H]1c1ccc(CO)cc1. The lowest BCUT2D eigenvalue weighted by atomic mass is 9.90. The van der Waals surface area contributed by atoms with Crippen molar-refractivity contribution in [2.45, 2.75) is 70.2 Å². The number of aromatic nitrogens is 2. The Hall–Kier alpha value is -3.16. The van der Waals surface area contributed by atoms with E-state index in [4.69, 9.17) is 32.7 Å². The average molecular weight is 656 g/mol. The van der Waals surface area contributed by atoms with Gasteiger partial charge in [-0.25, -0.2) is 4.98 Å². The van der Waals surface area contributed by atoms with E-state index in [2.05, 4.69) is 10.3 Å². The zero-order valence-corrected chi connectivity index (χ0v) is 25.1. The number of aliphatic hydroxyl groups excluding tert-OH is 1. The predicted octanol–water partition coefficient (Wildman–Crippen LogP) is 5.34. The summed E-state index contributed by atoms with van der Waals surface area (Å²) in [6.45, 7) is 2.25. The summed E-state index contributed by atoms with van der Waals surface area (Å²) in [5.41, 5.74) is 3.09. The van der Waals surface area contributed by atoms with E-state index in [-0.39, 0.29) is 49.4 Å². The predicted molar refractivity (Wildman–Crippen MR) is 154 cm³/mol. The van der Waals surface area contributed by atoms with Crippen LogP contribution >= 0.6 is 23.2 Å². The van der Waals surface area contributed by atoms with Crippen LogP contribution in [-0.2, 0) is 38.8 Å². The van der Waals surface area contributed by atoms with Gasteiger partial charge in [-0.15, -0.1) is 0 Å². The first-order valence-corrected chi connectivity index (χ1v) is 14.8. The fourth-order valence-corrected chi connectivity index (χ4v) is 5.85. The van der Waals surface area contributed by atoms with E-state index in [1.807, 2.05) is 31.2 Å². The van der Waals surface area contributed by atoms with Crippen molar-refractivity contribution in [1.29, 1.82) is 0 Å². The van der Waals surface area contributed by atoms with Gasteiger partial charge in [0.15, 0.2) is 11.4 Å². The second-order valence-corrected chi connectivity index (χ2v) is 11.6. The van der Waals surface area contributed by atoms with Gasteiger partial charge < -0.3 is 29.4 Å². The highest BCUT2D eigenvalue weighted by Crippen LogP contribution is 2.42. The molecule has 2 aromatic carbocycles. The summed E-state index contributed by atoms with van der Waals surface area (Å²) in [6, 6.07) is 13.4. The van der Waals surface area contributed by atoms with Crippen LogP contribution in [0.4, 0.5) is 13.2 Å². The summed E-state index contributed by atoms with van der Waals surface area (Å²) < 4.78 is 53.4. The van der Waals surface area contributed by atoms with Gasteiger partial charge in [-0.2, -0.15) is 13.2 Å². The second kappa shape index (κ2) is 13.5. The van der Waals surface area contributed by atoms with Crippen LogP contribution in [0.1, 0.15) is 54.4 Å². The highest BCUT2D eigenvalue weighted by atomic mass is 35.5. The molecule has 2 aliphatic heterocycles. The molecule has 3 heterocycles. The minimum absolute atomic E-state index is 0.0649. The molecule has 0 aliphatic carbocycles. The minimum Gasteiger partial charge on any atom is -0.392 e. The molecule has 2 N–H and O–H groups in total. The Balaban J connectivity index is 1.29. The first-order chi connectivity index (χ1) is 21.0. The van der Waals surface area contributed by atoms with Crippen LogP contribution in [-0.4, -0.2) is 56.2 Å². The molecular formula is C30H31Cl2F3N4O5. The summed E-state index contributed by atoms with van der Waals surface area (Å²) in [6.07, 6.45) is -4.48. The molecule has 0 spiro atoms. The lowest BCUT2D eigenvalue weighted by Crippen LogP contribution is -2.50. The molecule has 5 atom stereocenters. The van der Waals surface area contributed by atoms with Crippen molar-refractivity contribution in [3.8, 4) is 0 Å². The number of carbonyl (C=O) groups is 2. The summed E-state index contributed by atoms with van der Waals surface area (Å²) >= 11 is 12.4. The van der Waals surface area contributed by atoms with Gasteiger partial charge >= 0.3 is 12.1 Å². The Morgan fingerprint density at radius 3 is 2.32 bits per heavy atom. The third-order valence-electron chi connectivity index (χ3n) is 8.01. The van der Waals surface area contributed by atoms with Crippen molar-refractivity contribution in [3.63, 3.8) is 0 Å². The van der Waals surface area contributed by atoms with Gasteiger partial charge in [-0.1, -0.05) is 78.7 Å². The number of rotatable bonds is 8. The lowest BCUT2D eigenvalue weighted by molar-refractivity contribution is -0.276. The fourth-order valence-electron chi connectivity index (χ4n) is 5.54. The molecule has 236 valence electrons. The largest absolute Gasteiger partial charge is 0.471 e. The van der Waals surface area contributed by atoms with Crippen LogP contribution in [0, 0.1) is 5.92 Å². The van der Waals surface area contributed by atoms with E-state index in [1.165, 1.54) is 0 Å². The Morgan fingerprint density at radius 1 is 1.05 bits per heavy atom. The molecule has 2 fully saturated rings. The maximum atomic E-state index is 12.9. The van der Waals surface area contributed by atoms with Crippen molar-refractivity contribution in [2.75, 3.05) is 6.54 Å². The number of ether oxygens (including phenoxy) is 2. The van der Waals surface area contributed by atoms with Crippen LogP contribution < -0.4 is 5.32 Å². The van der Waals surface area contributed by atoms with E-state index in [9.17, 15) is 27.9 Å². The van der Waals surface area contributed by atoms with Gasteiger partial charge in [-0.05, 0) is 29.5 Å². The Labute approximate surface area is 261 Å². The third kappa shape index (κ3) is 7.05. The number of nitrogens with zero attached hydrogens (tertiary/aromatic N) is 3. The maximum absolute atomic E-state index is 12.9. The normalized spacial score (nSPS) is 24.0. The first-order valence-electron chi connectivity index (χ1n) is 14.1. The molecule has 2 aliphatic rings. The number of halogens is 5. The Morgan fingerprint density at radius 2 is 1.70 bits per heavy atom. The molecule has 9 nitrogen and oxygen atoms in total. The number of hydrogen-bond donors (Lipinski definition) is 2. The Kier molecular flexibility index (Phi) is 9.86. The van der Waals surface area contributed by atoms with Gasteiger partial charge in [0.2, 0.25) is 5.91 Å². The van der Waals surface area contributed by atoms with Gasteiger partial charge in [0.25, 0.3) is 0 Å². The van der Waals surface area contributed by atoms with Crippen LogP contribution in [0.15, 0.2) is 54.9 Å². The molecule has 2 amide bonds. The van der Waals surface area contributed by atoms with E-state index in [0.29, 0.717) is 34.1 Å². The van der Waals surface area contributed by atoms with Crippen molar-refractivity contribution >= 4 is 35.0 Å². The zero-order chi connectivity index (χ0) is 31.6. The van der Waals surface area contributed by atoms with Gasteiger partial charge in [0.1, 0.15) is 11.2 Å². The number of amides is 2. The third-order valence-corrected chi connectivity index (χ3v) is 8.78. The molecule has 3 aromatic rings. The topological polar surface area (TPSA) is 106 Å². The summed E-state index contributed by atoms with van der Waals surface area (Å²) in [4.78, 5) is 29.0. The van der Waals surface area contributed by atoms with E-state index in [0.717, 1.165) is 11.1 Å². The number of benzene rings is 2. The highest BCUT2D eigenvalue weighted by Gasteiger charge is 2.47. The standard InChI is InChI=1S/C30H31Cl2F3N4O5/c1-17-23(14-38-16-37-25(31)26(38)32)43-28(44-24(17)20-8-6-19(15-40)7-9-20)21-10-4-18(5-11-21)13-36-27(41)22-3-2-12-39(22)29(42)30(33,34)35/h4-11,16-17,22-24,28,40H,2-3,12-15H2,1H3,(H,36,41)/t17-,22-,23+,24+,28+/m0/s1. The monoisotopic (exact) mass is 654 g/mol. The molecular weight excluding hydrogens is 624 g/mol. The first kappa shape index (κ1) is 32.2. The van der Waals surface area contributed by atoms with Gasteiger partial charge in [0.05, 0.1) is 31.7 Å². The number of carbonyl (C=O) groups excluding carboxylic acids is 2. The number of nitrogens with one attached hydrogen (secondary N) is 1. The van der Waals surface area contributed by atoms with Crippen LogP contribution in [0.25, 0.3) is 0 Å². The zero-order valence-electron chi connectivity index (χ0n) is 23.6. The smallest absolute Gasteiger partial charge is 0.392 e. The summed E-state index contributed by atoms with van der Waals surface area (Å²) in [5.74, 6) is -2.74.